The standard InChI is InChI=1S/C12H15ClN2O4S/c1-8-6-10(13)11(15(16)17)7-12(8)20(18,19)14-5-3-4-9(14)2/h6-7,9H,3-5H2,1-2H3. The Kier molecular flexibility index (Phi) is 4.04. The van der Waals surface area contributed by atoms with E-state index in [4.69, 9.17) is 11.6 Å². The third kappa shape index (κ3) is 2.53. The van der Waals surface area contributed by atoms with Crippen LogP contribution in [0.3, 0.4) is 0 Å². The molecule has 0 N–H and O–H groups in total. The lowest BCUT2D eigenvalue weighted by Gasteiger charge is -2.22. The number of nitro benzene ring substituents is 1. The van der Waals surface area contributed by atoms with E-state index in [1.807, 2.05) is 6.92 Å². The van der Waals surface area contributed by atoms with Gasteiger partial charge in [-0.3, -0.25) is 10.1 Å². The Bertz CT molecular complexity index is 660. The third-order valence-electron chi connectivity index (χ3n) is 3.52. The van der Waals surface area contributed by atoms with Gasteiger partial charge in [0.1, 0.15) is 5.02 Å². The van der Waals surface area contributed by atoms with Crippen molar-refractivity contribution >= 4 is 27.3 Å². The molecule has 1 heterocycles. The second-order valence-corrected chi connectivity index (χ2v) is 7.20. The molecule has 1 aromatic carbocycles. The van der Waals surface area contributed by atoms with Crippen LogP contribution in [0, 0.1) is 17.0 Å². The Morgan fingerprint density at radius 2 is 2.10 bits per heavy atom. The molecule has 2 rings (SSSR count). The molecule has 1 unspecified atom stereocenters. The van der Waals surface area contributed by atoms with Crippen molar-refractivity contribution in [3.8, 4) is 0 Å². The molecule has 20 heavy (non-hydrogen) atoms. The van der Waals surface area contributed by atoms with Gasteiger partial charge in [-0.05, 0) is 38.3 Å². The van der Waals surface area contributed by atoms with Gasteiger partial charge in [0.15, 0.2) is 0 Å². The molecule has 0 spiro atoms. The van der Waals surface area contributed by atoms with Crippen LogP contribution in [0.2, 0.25) is 5.02 Å². The fourth-order valence-corrected chi connectivity index (χ4v) is 4.67. The zero-order valence-electron chi connectivity index (χ0n) is 11.2. The van der Waals surface area contributed by atoms with Gasteiger partial charge < -0.3 is 0 Å². The van der Waals surface area contributed by atoms with E-state index in [0.717, 1.165) is 18.9 Å². The van der Waals surface area contributed by atoms with Gasteiger partial charge in [-0.1, -0.05) is 11.6 Å². The van der Waals surface area contributed by atoms with Crippen molar-refractivity contribution in [1.82, 2.24) is 4.31 Å². The van der Waals surface area contributed by atoms with Crippen LogP contribution in [0.25, 0.3) is 0 Å². The number of rotatable bonds is 3. The van der Waals surface area contributed by atoms with E-state index in [1.165, 1.54) is 10.4 Å². The number of benzene rings is 1. The number of nitro groups is 1. The van der Waals surface area contributed by atoms with Crippen molar-refractivity contribution in [3.63, 3.8) is 0 Å². The Morgan fingerprint density at radius 3 is 2.60 bits per heavy atom. The van der Waals surface area contributed by atoms with Crippen molar-refractivity contribution < 1.29 is 13.3 Å². The van der Waals surface area contributed by atoms with E-state index in [9.17, 15) is 18.5 Å². The summed E-state index contributed by atoms with van der Waals surface area (Å²) >= 11 is 5.78. The highest BCUT2D eigenvalue weighted by atomic mass is 35.5. The summed E-state index contributed by atoms with van der Waals surface area (Å²) in [7, 11) is -3.72. The van der Waals surface area contributed by atoms with Gasteiger partial charge in [-0.25, -0.2) is 8.42 Å². The molecule has 0 radical (unpaired) electrons. The zero-order valence-corrected chi connectivity index (χ0v) is 12.7. The van der Waals surface area contributed by atoms with Gasteiger partial charge in [-0.15, -0.1) is 0 Å². The van der Waals surface area contributed by atoms with E-state index in [0.29, 0.717) is 12.1 Å². The summed E-state index contributed by atoms with van der Waals surface area (Å²) in [5.74, 6) is 0. The summed E-state index contributed by atoms with van der Waals surface area (Å²) in [6.07, 6.45) is 1.60. The Hall–Kier alpha value is -1.18. The van der Waals surface area contributed by atoms with E-state index in [1.54, 1.807) is 6.92 Å². The van der Waals surface area contributed by atoms with Gasteiger partial charge in [0.25, 0.3) is 5.69 Å². The number of nitrogens with zero attached hydrogens (tertiary/aromatic N) is 2. The molecule has 8 heteroatoms. The van der Waals surface area contributed by atoms with Crippen LogP contribution in [0.15, 0.2) is 17.0 Å². The van der Waals surface area contributed by atoms with E-state index in [-0.39, 0.29) is 21.6 Å². The number of sulfonamides is 1. The highest BCUT2D eigenvalue weighted by Gasteiger charge is 2.34. The molecule has 0 aliphatic carbocycles. The molecule has 0 aromatic heterocycles. The summed E-state index contributed by atoms with van der Waals surface area (Å²) < 4.78 is 26.6. The number of aryl methyl sites for hydroxylation is 1. The molecule has 0 amide bonds. The molecule has 6 nitrogen and oxygen atoms in total. The first-order valence-electron chi connectivity index (χ1n) is 6.21. The quantitative estimate of drug-likeness (QED) is 0.634. The van der Waals surface area contributed by atoms with Crippen molar-refractivity contribution in [2.45, 2.75) is 37.6 Å². The van der Waals surface area contributed by atoms with Gasteiger partial charge >= 0.3 is 0 Å². The van der Waals surface area contributed by atoms with Crippen LogP contribution in [-0.4, -0.2) is 30.2 Å². The molecule has 1 saturated heterocycles. The smallest absolute Gasteiger partial charge is 0.258 e. The Balaban J connectivity index is 2.57. The maximum atomic E-state index is 12.6. The normalized spacial score (nSPS) is 20.2. The van der Waals surface area contributed by atoms with Crippen LogP contribution in [0.4, 0.5) is 5.69 Å². The van der Waals surface area contributed by atoms with Crippen molar-refractivity contribution in [2.75, 3.05) is 6.54 Å². The first-order chi connectivity index (χ1) is 9.25. The number of hydrogen-bond donors (Lipinski definition) is 0. The number of halogens is 1. The predicted octanol–water partition coefficient (Wildman–Crippen LogP) is 2.73. The van der Waals surface area contributed by atoms with Gasteiger partial charge in [0.05, 0.1) is 9.82 Å². The maximum Gasteiger partial charge on any atom is 0.289 e. The second-order valence-electron chi connectivity index (χ2n) is 4.93. The van der Waals surface area contributed by atoms with Gasteiger partial charge in [0.2, 0.25) is 10.0 Å². The fraction of sp³-hybridized carbons (Fsp3) is 0.500. The minimum Gasteiger partial charge on any atom is -0.258 e. The van der Waals surface area contributed by atoms with E-state index in [2.05, 4.69) is 0 Å². The lowest BCUT2D eigenvalue weighted by atomic mass is 10.2. The van der Waals surface area contributed by atoms with Crippen LogP contribution in [-0.2, 0) is 10.0 Å². The van der Waals surface area contributed by atoms with Crippen molar-refractivity contribution in [1.29, 1.82) is 0 Å². The Labute approximate surface area is 122 Å². The lowest BCUT2D eigenvalue weighted by molar-refractivity contribution is -0.384. The van der Waals surface area contributed by atoms with Gasteiger partial charge in [-0.2, -0.15) is 4.31 Å². The third-order valence-corrected chi connectivity index (χ3v) is 5.98. The lowest BCUT2D eigenvalue weighted by Crippen LogP contribution is -2.34. The van der Waals surface area contributed by atoms with Crippen molar-refractivity contribution in [2.24, 2.45) is 0 Å². The first-order valence-corrected chi connectivity index (χ1v) is 8.03. The van der Waals surface area contributed by atoms with Crippen LogP contribution in [0.5, 0.6) is 0 Å². The summed E-state index contributed by atoms with van der Waals surface area (Å²) in [5.41, 5.74) is 0.0300. The summed E-state index contributed by atoms with van der Waals surface area (Å²) in [4.78, 5) is 10.2. The average molecular weight is 319 g/mol. The van der Waals surface area contributed by atoms with Crippen LogP contribution >= 0.6 is 11.6 Å². The Morgan fingerprint density at radius 1 is 1.45 bits per heavy atom. The monoisotopic (exact) mass is 318 g/mol. The summed E-state index contributed by atoms with van der Waals surface area (Å²) in [6, 6.07) is 2.29. The molecule has 1 aliphatic heterocycles. The van der Waals surface area contributed by atoms with Crippen LogP contribution in [0.1, 0.15) is 25.3 Å². The largest absolute Gasteiger partial charge is 0.289 e. The molecule has 1 fully saturated rings. The van der Waals surface area contributed by atoms with E-state index < -0.39 is 14.9 Å². The van der Waals surface area contributed by atoms with E-state index >= 15 is 0 Å². The number of hydrogen-bond acceptors (Lipinski definition) is 4. The molecule has 0 bridgehead atoms. The van der Waals surface area contributed by atoms with Crippen LogP contribution < -0.4 is 0 Å². The molecule has 110 valence electrons. The van der Waals surface area contributed by atoms with Gasteiger partial charge in [0, 0.05) is 18.7 Å². The molecule has 1 aliphatic rings. The second kappa shape index (κ2) is 5.31. The molecule has 0 saturated carbocycles. The average Bonchev–Trinajstić information content (AvgIpc) is 2.75. The topological polar surface area (TPSA) is 80.5 Å². The summed E-state index contributed by atoms with van der Waals surface area (Å²) in [6.45, 7) is 3.87. The van der Waals surface area contributed by atoms with Crippen molar-refractivity contribution in [3.05, 3.63) is 32.8 Å². The highest BCUT2D eigenvalue weighted by molar-refractivity contribution is 7.89. The highest BCUT2D eigenvalue weighted by Crippen LogP contribution is 2.33. The first kappa shape index (κ1) is 15.2. The molecule has 1 aromatic rings. The zero-order chi connectivity index (χ0) is 15.1. The molecule has 1 atom stereocenters. The fourth-order valence-electron chi connectivity index (χ4n) is 2.45. The predicted molar refractivity (Wildman–Crippen MR) is 75.4 cm³/mol. The summed E-state index contributed by atoms with van der Waals surface area (Å²) in [5, 5.41) is 10.9. The molecular formula is C12H15ClN2O4S. The SMILES string of the molecule is Cc1cc(Cl)c([N+](=O)[O-])cc1S(=O)(=O)N1CCCC1C. The maximum absolute atomic E-state index is 12.6. The molecular weight excluding hydrogens is 304 g/mol. The minimum atomic E-state index is -3.72. The minimum absolute atomic E-state index is 0.0395.